The van der Waals surface area contributed by atoms with Crippen LogP contribution < -0.4 is 5.32 Å². The van der Waals surface area contributed by atoms with E-state index in [4.69, 9.17) is 4.74 Å². The van der Waals surface area contributed by atoms with Gasteiger partial charge in [-0.15, -0.1) is 0 Å². The van der Waals surface area contributed by atoms with Crippen LogP contribution in [0.1, 0.15) is 45.2 Å². The van der Waals surface area contributed by atoms with Crippen molar-refractivity contribution in [2.45, 2.75) is 46.2 Å². The molecule has 1 N–H and O–H groups in total. The van der Waals surface area contributed by atoms with Crippen LogP contribution in [0.2, 0.25) is 0 Å². The average Bonchev–Trinajstić information content (AvgIpc) is 2.82. The molecule has 4 nitrogen and oxygen atoms in total. The summed E-state index contributed by atoms with van der Waals surface area (Å²) in [5.41, 5.74) is 1.24. The predicted octanol–water partition coefficient (Wildman–Crippen LogP) is 2.37. The molecular formula is C13H25N3O. The monoisotopic (exact) mass is 239 g/mol. The van der Waals surface area contributed by atoms with E-state index in [1.807, 2.05) is 10.9 Å². The molecule has 0 aliphatic carbocycles. The van der Waals surface area contributed by atoms with Crippen LogP contribution in [-0.2, 0) is 11.3 Å². The fourth-order valence-electron chi connectivity index (χ4n) is 1.59. The molecular weight excluding hydrogens is 214 g/mol. The second-order valence-electron chi connectivity index (χ2n) is 4.27. The van der Waals surface area contributed by atoms with Gasteiger partial charge in [0.15, 0.2) is 0 Å². The van der Waals surface area contributed by atoms with Crippen LogP contribution in [0.5, 0.6) is 0 Å². The lowest BCUT2D eigenvalue weighted by Crippen LogP contribution is -2.23. The van der Waals surface area contributed by atoms with Gasteiger partial charge in [-0.1, -0.05) is 13.3 Å². The van der Waals surface area contributed by atoms with Gasteiger partial charge >= 0.3 is 0 Å². The summed E-state index contributed by atoms with van der Waals surface area (Å²) in [6.07, 6.45) is 6.37. The number of ether oxygens (including phenoxy) is 1. The number of aryl methyl sites for hydroxylation is 1. The fraction of sp³-hybridized carbons (Fsp3) is 0.769. The zero-order valence-electron chi connectivity index (χ0n) is 11.3. The largest absolute Gasteiger partial charge is 0.380 e. The van der Waals surface area contributed by atoms with Crippen molar-refractivity contribution in [3.05, 3.63) is 18.0 Å². The van der Waals surface area contributed by atoms with Gasteiger partial charge in [-0.05, 0) is 20.3 Å². The SMILES string of the molecule is CCCCOCCNC(C)c1cnn(CC)c1. The molecule has 0 aliphatic rings. The molecule has 1 aromatic rings. The van der Waals surface area contributed by atoms with E-state index in [-0.39, 0.29) is 0 Å². The summed E-state index contributed by atoms with van der Waals surface area (Å²) in [6.45, 7) is 9.90. The molecule has 0 bridgehead atoms. The highest BCUT2D eigenvalue weighted by molar-refractivity contribution is 5.08. The van der Waals surface area contributed by atoms with Gasteiger partial charge in [0.1, 0.15) is 0 Å². The Morgan fingerprint density at radius 2 is 2.24 bits per heavy atom. The first-order valence-corrected chi connectivity index (χ1v) is 6.61. The van der Waals surface area contributed by atoms with Gasteiger partial charge in [0, 0.05) is 37.5 Å². The Morgan fingerprint density at radius 3 is 2.88 bits per heavy atom. The lowest BCUT2D eigenvalue weighted by Gasteiger charge is -2.11. The average molecular weight is 239 g/mol. The number of nitrogens with zero attached hydrogens (tertiary/aromatic N) is 2. The van der Waals surface area contributed by atoms with Gasteiger partial charge in [0.25, 0.3) is 0 Å². The first-order chi connectivity index (χ1) is 8.27. The summed E-state index contributed by atoms with van der Waals surface area (Å²) in [5, 5.41) is 7.70. The smallest absolute Gasteiger partial charge is 0.0591 e. The van der Waals surface area contributed by atoms with Gasteiger partial charge in [0.2, 0.25) is 0 Å². The third kappa shape index (κ3) is 5.33. The minimum absolute atomic E-state index is 0.338. The van der Waals surface area contributed by atoms with Gasteiger partial charge in [0.05, 0.1) is 12.8 Å². The standard InChI is InChI=1S/C13H25N3O/c1-4-6-8-17-9-7-14-12(3)13-10-15-16(5-2)11-13/h10-12,14H,4-9H2,1-3H3. The first-order valence-electron chi connectivity index (χ1n) is 6.61. The van der Waals surface area contributed by atoms with Crippen molar-refractivity contribution in [2.24, 2.45) is 0 Å². The van der Waals surface area contributed by atoms with E-state index in [9.17, 15) is 0 Å². The molecule has 0 aromatic carbocycles. The second-order valence-corrected chi connectivity index (χ2v) is 4.27. The molecule has 0 spiro atoms. The second kappa shape index (κ2) is 8.25. The van der Waals surface area contributed by atoms with Crippen LogP contribution in [0.3, 0.4) is 0 Å². The van der Waals surface area contributed by atoms with E-state index in [0.717, 1.165) is 32.7 Å². The molecule has 1 aromatic heterocycles. The first kappa shape index (κ1) is 14.2. The molecule has 0 aliphatic heterocycles. The zero-order valence-corrected chi connectivity index (χ0v) is 11.3. The van der Waals surface area contributed by atoms with Crippen molar-refractivity contribution in [1.82, 2.24) is 15.1 Å². The number of rotatable bonds is 9. The number of unbranched alkanes of at least 4 members (excludes halogenated alkanes) is 1. The molecule has 4 heteroatoms. The third-order valence-electron chi connectivity index (χ3n) is 2.82. The molecule has 1 rings (SSSR count). The van der Waals surface area contributed by atoms with E-state index in [1.165, 1.54) is 12.0 Å². The summed E-state index contributed by atoms with van der Waals surface area (Å²) in [4.78, 5) is 0. The van der Waals surface area contributed by atoms with Gasteiger partial charge < -0.3 is 10.1 Å². The lowest BCUT2D eigenvalue weighted by atomic mass is 10.2. The Bertz CT molecular complexity index is 299. The Labute approximate surface area is 104 Å². The summed E-state index contributed by atoms with van der Waals surface area (Å²) >= 11 is 0. The summed E-state index contributed by atoms with van der Waals surface area (Å²) in [7, 11) is 0. The minimum Gasteiger partial charge on any atom is -0.380 e. The van der Waals surface area contributed by atoms with Crippen LogP contribution in [0.25, 0.3) is 0 Å². The molecule has 1 atom stereocenters. The third-order valence-corrected chi connectivity index (χ3v) is 2.82. The highest BCUT2D eigenvalue weighted by atomic mass is 16.5. The van der Waals surface area contributed by atoms with Gasteiger partial charge in [-0.25, -0.2) is 0 Å². The molecule has 0 amide bonds. The van der Waals surface area contributed by atoms with Crippen LogP contribution in [0.4, 0.5) is 0 Å². The number of hydrogen-bond acceptors (Lipinski definition) is 3. The summed E-state index contributed by atoms with van der Waals surface area (Å²) in [6, 6.07) is 0.338. The fourth-order valence-corrected chi connectivity index (χ4v) is 1.59. The van der Waals surface area contributed by atoms with Gasteiger partial charge in [-0.3, -0.25) is 4.68 Å². The maximum absolute atomic E-state index is 5.50. The van der Waals surface area contributed by atoms with Crippen LogP contribution in [-0.4, -0.2) is 29.5 Å². The van der Waals surface area contributed by atoms with Crippen LogP contribution >= 0.6 is 0 Å². The maximum atomic E-state index is 5.50. The lowest BCUT2D eigenvalue weighted by molar-refractivity contribution is 0.131. The topological polar surface area (TPSA) is 39.1 Å². The van der Waals surface area contributed by atoms with Crippen LogP contribution in [0.15, 0.2) is 12.4 Å². The normalized spacial score (nSPS) is 12.9. The Morgan fingerprint density at radius 1 is 1.41 bits per heavy atom. The summed E-state index contributed by atoms with van der Waals surface area (Å²) in [5.74, 6) is 0. The number of aromatic nitrogens is 2. The molecule has 98 valence electrons. The highest BCUT2D eigenvalue weighted by Gasteiger charge is 2.06. The molecule has 1 unspecified atom stereocenters. The van der Waals surface area contributed by atoms with Crippen molar-refractivity contribution < 1.29 is 4.74 Å². The molecule has 0 fully saturated rings. The maximum Gasteiger partial charge on any atom is 0.0591 e. The van der Waals surface area contributed by atoms with Crippen molar-refractivity contribution in [1.29, 1.82) is 0 Å². The number of hydrogen-bond donors (Lipinski definition) is 1. The summed E-state index contributed by atoms with van der Waals surface area (Å²) < 4.78 is 7.45. The quantitative estimate of drug-likeness (QED) is 0.672. The molecule has 0 radical (unpaired) electrons. The predicted molar refractivity (Wildman–Crippen MR) is 70.0 cm³/mol. The van der Waals surface area contributed by atoms with Crippen LogP contribution in [0, 0.1) is 0 Å². The van der Waals surface area contributed by atoms with E-state index < -0.39 is 0 Å². The van der Waals surface area contributed by atoms with Crippen molar-refractivity contribution in [2.75, 3.05) is 19.8 Å². The van der Waals surface area contributed by atoms with E-state index in [0.29, 0.717) is 6.04 Å². The molecule has 1 heterocycles. The van der Waals surface area contributed by atoms with E-state index >= 15 is 0 Å². The molecule has 0 saturated carbocycles. The van der Waals surface area contributed by atoms with E-state index in [1.54, 1.807) is 0 Å². The molecule has 0 saturated heterocycles. The van der Waals surface area contributed by atoms with E-state index in [2.05, 4.69) is 37.4 Å². The number of nitrogens with one attached hydrogen (secondary N) is 1. The molecule has 17 heavy (non-hydrogen) atoms. The Kier molecular flexibility index (Phi) is 6.89. The van der Waals surface area contributed by atoms with Crippen molar-refractivity contribution in [3.63, 3.8) is 0 Å². The Balaban J connectivity index is 2.14. The van der Waals surface area contributed by atoms with Gasteiger partial charge in [-0.2, -0.15) is 5.10 Å². The zero-order chi connectivity index (χ0) is 12.5. The van der Waals surface area contributed by atoms with Crippen molar-refractivity contribution >= 4 is 0 Å². The Hall–Kier alpha value is -0.870. The minimum atomic E-state index is 0.338. The van der Waals surface area contributed by atoms with Crippen molar-refractivity contribution in [3.8, 4) is 0 Å². The highest BCUT2D eigenvalue weighted by Crippen LogP contribution is 2.10.